The van der Waals surface area contributed by atoms with Crippen LogP contribution in [-0.4, -0.2) is 38.1 Å². The summed E-state index contributed by atoms with van der Waals surface area (Å²) in [5.41, 5.74) is -0.404. The van der Waals surface area contributed by atoms with Gasteiger partial charge in [0.15, 0.2) is 0 Å². The van der Waals surface area contributed by atoms with E-state index >= 15 is 0 Å². The van der Waals surface area contributed by atoms with Gasteiger partial charge in [0.1, 0.15) is 10.1 Å². The van der Waals surface area contributed by atoms with Crippen LogP contribution < -0.4 is 29.6 Å². The van der Waals surface area contributed by atoms with Gasteiger partial charge >= 0.3 is 41.5 Å². The van der Waals surface area contributed by atoms with Crippen molar-refractivity contribution >= 4 is 22.1 Å². The Labute approximate surface area is 144 Å². The van der Waals surface area contributed by atoms with Gasteiger partial charge in [0.05, 0.1) is 29.2 Å². The molecule has 0 aromatic heterocycles. The molecule has 0 N–H and O–H groups in total. The Hall–Kier alpha value is -0.930. The van der Waals surface area contributed by atoms with Crippen molar-refractivity contribution in [1.29, 1.82) is 0 Å². The molecule has 110 valence electrons. The summed E-state index contributed by atoms with van der Waals surface area (Å²) < 4.78 is 42.5. The van der Waals surface area contributed by atoms with Crippen molar-refractivity contribution in [2.75, 3.05) is 13.2 Å². The molecule has 0 heterocycles. The monoisotopic (exact) mass is 324 g/mol. The third-order valence-corrected chi connectivity index (χ3v) is 3.03. The van der Waals surface area contributed by atoms with E-state index in [1.54, 1.807) is 13.8 Å². The van der Waals surface area contributed by atoms with Crippen molar-refractivity contribution in [1.82, 2.24) is 0 Å². The van der Waals surface area contributed by atoms with Crippen molar-refractivity contribution in [2.24, 2.45) is 0 Å². The fourth-order valence-corrected chi connectivity index (χ4v) is 1.95. The Morgan fingerprint density at radius 2 is 1.38 bits per heavy atom. The van der Waals surface area contributed by atoms with Crippen LogP contribution in [0, 0.1) is 0 Å². The average Bonchev–Trinajstić information content (AvgIpc) is 2.37. The zero-order chi connectivity index (χ0) is 15.3. The fourth-order valence-electron chi connectivity index (χ4n) is 1.41. The maximum Gasteiger partial charge on any atom is 1.00 e. The molecule has 1 rings (SSSR count). The van der Waals surface area contributed by atoms with Gasteiger partial charge in [-0.15, -0.1) is 0 Å². The second-order valence-corrected chi connectivity index (χ2v) is 5.02. The fraction of sp³-hybridized carbons (Fsp3) is 0.333. The maximum absolute atomic E-state index is 11.6. The van der Waals surface area contributed by atoms with E-state index in [1.807, 2.05) is 0 Å². The molecule has 0 spiro atoms. The summed E-state index contributed by atoms with van der Waals surface area (Å²) in [6, 6.07) is 2.84. The van der Waals surface area contributed by atoms with Crippen LogP contribution in [-0.2, 0) is 19.6 Å². The predicted octanol–water partition coefficient (Wildman–Crippen LogP) is -2.05. The Morgan fingerprint density at radius 1 is 1.00 bits per heavy atom. The van der Waals surface area contributed by atoms with Crippen LogP contribution in [0.25, 0.3) is 0 Å². The molecule has 0 aliphatic rings. The van der Waals surface area contributed by atoms with E-state index in [2.05, 4.69) is 0 Å². The molecule has 0 unspecified atom stereocenters. The van der Waals surface area contributed by atoms with Gasteiger partial charge in [-0.05, 0) is 32.0 Å². The van der Waals surface area contributed by atoms with E-state index in [1.165, 1.54) is 0 Å². The molecule has 0 aliphatic heterocycles. The van der Waals surface area contributed by atoms with E-state index in [4.69, 9.17) is 9.47 Å². The van der Waals surface area contributed by atoms with Crippen LogP contribution in [0.2, 0.25) is 0 Å². The zero-order valence-corrected chi connectivity index (χ0v) is 14.7. The molecule has 1 aromatic rings. The Balaban J connectivity index is 0.00000400. The summed E-state index contributed by atoms with van der Waals surface area (Å²) in [7, 11) is -4.81. The third kappa shape index (κ3) is 5.76. The van der Waals surface area contributed by atoms with Gasteiger partial charge in [0, 0.05) is 0 Å². The minimum absolute atomic E-state index is 0. The summed E-state index contributed by atoms with van der Waals surface area (Å²) >= 11 is 0. The second-order valence-electron chi connectivity index (χ2n) is 3.64. The van der Waals surface area contributed by atoms with Crippen LogP contribution >= 0.6 is 0 Å². The van der Waals surface area contributed by atoms with E-state index in [9.17, 15) is 22.6 Å². The quantitative estimate of drug-likeness (QED) is 0.348. The predicted molar refractivity (Wildman–Crippen MR) is 66.3 cm³/mol. The van der Waals surface area contributed by atoms with E-state index in [0.29, 0.717) is 0 Å². The molecule has 0 amide bonds. The summed E-state index contributed by atoms with van der Waals surface area (Å²) in [6.45, 7) is 3.28. The minimum Gasteiger partial charge on any atom is -0.744 e. The number of esters is 2. The van der Waals surface area contributed by atoms with Crippen LogP contribution in [0.5, 0.6) is 0 Å². The molecular weight excluding hydrogens is 311 g/mol. The normalized spacial score (nSPS) is 10.4. The minimum atomic E-state index is -4.81. The first-order valence-electron chi connectivity index (χ1n) is 5.74. The van der Waals surface area contributed by atoms with Crippen molar-refractivity contribution in [3.63, 3.8) is 0 Å². The molecule has 0 bridgehead atoms. The second kappa shape index (κ2) is 8.50. The van der Waals surface area contributed by atoms with Gasteiger partial charge in [0.25, 0.3) is 0 Å². The largest absolute Gasteiger partial charge is 1.00 e. The summed E-state index contributed by atoms with van der Waals surface area (Å²) in [5.74, 6) is -1.66. The van der Waals surface area contributed by atoms with Gasteiger partial charge in [-0.25, -0.2) is 18.0 Å². The Morgan fingerprint density at radius 3 is 1.67 bits per heavy atom. The SMILES string of the molecule is CCOC(=O)c1cc(C(=O)OCC)cc(S(=O)(=O)[O-])c1.[Na+]. The van der Waals surface area contributed by atoms with Crippen molar-refractivity contribution in [3.8, 4) is 0 Å². The smallest absolute Gasteiger partial charge is 0.744 e. The summed E-state index contributed by atoms with van der Waals surface area (Å²) in [6.07, 6.45) is 0. The number of carbonyl (C=O) groups excluding carboxylic acids is 2. The first-order valence-corrected chi connectivity index (χ1v) is 7.15. The number of ether oxygens (including phenoxy) is 2. The topological polar surface area (TPSA) is 110 Å². The standard InChI is InChI=1S/C12H14O7S.Na/c1-3-18-11(13)8-5-9(12(14)19-4-2)7-10(6-8)20(15,16)17;/h5-7H,3-4H2,1-2H3,(H,15,16,17);/q;+1/p-1. The van der Waals surface area contributed by atoms with Crippen LogP contribution in [0.1, 0.15) is 34.6 Å². The van der Waals surface area contributed by atoms with Gasteiger partial charge in [-0.2, -0.15) is 0 Å². The van der Waals surface area contributed by atoms with Crippen molar-refractivity contribution in [2.45, 2.75) is 18.7 Å². The van der Waals surface area contributed by atoms with Gasteiger partial charge in [0.2, 0.25) is 0 Å². The van der Waals surface area contributed by atoms with Gasteiger partial charge < -0.3 is 14.0 Å². The summed E-state index contributed by atoms with van der Waals surface area (Å²) in [5, 5.41) is 0. The van der Waals surface area contributed by atoms with Crippen LogP contribution in [0.15, 0.2) is 23.1 Å². The molecule has 21 heavy (non-hydrogen) atoms. The van der Waals surface area contributed by atoms with Crippen molar-refractivity contribution < 1.29 is 61.6 Å². The summed E-state index contributed by atoms with van der Waals surface area (Å²) in [4.78, 5) is 22.5. The number of benzene rings is 1. The number of hydrogen-bond donors (Lipinski definition) is 0. The molecule has 0 fully saturated rings. The van der Waals surface area contributed by atoms with Crippen LogP contribution in [0.4, 0.5) is 0 Å². The molecular formula is C12H13NaO7S. The Bertz CT molecular complexity index is 588. The first-order chi connectivity index (χ1) is 9.29. The molecule has 0 aliphatic carbocycles. The van der Waals surface area contributed by atoms with E-state index < -0.39 is 27.0 Å². The molecule has 1 aromatic carbocycles. The third-order valence-electron chi connectivity index (χ3n) is 2.22. The van der Waals surface area contributed by atoms with Crippen molar-refractivity contribution in [3.05, 3.63) is 29.3 Å². The van der Waals surface area contributed by atoms with E-state index in [0.717, 1.165) is 18.2 Å². The molecule has 0 saturated heterocycles. The first kappa shape index (κ1) is 20.1. The molecule has 9 heteroatoms. The van der Waals surface area contributed by atoms with Gasteiger partial charge in [-0.3, -0.25) is 0 Å². The van der Waals surface area contributed by atoms with Gasteiger partial charge in [-0.1, -0.05) is 0 Å². The number of hydrogen-bond acceptors (Lipinski definition) is 7. The molecule has 0 radical (unpaired) electrons. The van der Waals surface area contributed by atoms with Crippen LogP contribution in [0.3, 0.4) is 0 Å². The Kier molecular flexibility index (Phi) is 8.12. The number of rotatable bonds is 5. The maximum atomic E-state index is 11.6. The molecule has 0 atom stereocenters. The molecule has 0 saturated carbocycles. The van der Waals surface area contributed by atoms with E-state index in [-0.39, 0.29) is 53.9 Å². The number of carbonyl (C=O) groups is 2. The zero-order valence-electron chi connectivity index (χ0n) is 11.9. The average molecular weight is 324 g/mol. The molecule has 7 nitrogen and oxygen atoms in total.